The Morgan fingerprint density at radius 1 is 0.0988 bits per heavy atom. The molecule has 0 aromatic rings. The van der Waals surface area contributed by atoms with Crippen LogP contribution < -0.4 is 224 Å². The fourth-order valence-corrected chi connectivity index (χ4v) is 0. The summed E-state index contributed by atoms with van der Waals surface area (Å²) < 4.78 is 488. The molecule has 0 aliphatic carbocycles. The molecule has 0 amide bonds. The third-order valence-electron chi connectivity index (χ3n) is 0. The molecule has 19 N–H and O–H groups in total. The van der Waals surface area contributed by atoms with Crippen LogP contribution in [-0.4, -0.2) is 79.8 Å². The summed E-state index contributed by atoms with van der Waals surface area (Å²) >= 11 is -68.2. The van der Waals surface area contributed by atoms with E-state index in [1.165, 1.54) is 0 Å². The standard InChI is InChI=1S/19BrHO3.BrO3.K/c20*2-1(3)4;/h19*2H;;/q;;;;;;;;;;;;;;;;;;;-1;+1. The van der Waals surface area contributed by atoms with Gasteiger partial charge in [-0.2, -0.15) is 0 Å². The van der Waals surface area contributed by atoms with E-state index >= 15 is 0 Å². The van der Waals surface area contributed by atoms with Gasteiger partial charge in [0, 0.05) is 0 Å². The Morgan fingerprint density at radius 3 is 0.0988 bits per heavy atom. The molecule has 0 unspecified atom stereocenters. The molecule has 0 aromatic heterocycles. The Morgan fingerprint density at radius 2 is 0.0988 bits per heavy atom. The van der Waals surface area contributed by atoms with Crippen LogP contribution in [0.5, 0.6) is 0 Å². The van der Waals surface area contributed by atoms with E-state index in [1.807, 2.05) is 0 Å². The van der Waals surface area contributed by atoms with Gasteiger partial charge in [-0.1, -0.05) is 0 Å². The summed E-state index contributed by atoms with van der Waals surface area (Å²) in [6.07, 6.45) is 0. The molecule has 0 spiro atoms. The van der Waals surface area contributed by atoms with Gasteiger partial charge >= 0.3 is 333 Å². The normalized spacial score (nSPS) is 8.89. The summed E-state index contributed by atoms with van der Waals surface area (Å²) in [6.45, 7) is 0. The zero-order chi connectivity index (χ0) is 71.5. The van der Waals surface area contributed by atoms with Gasteiger partial charge in [0.25, 0.3) is 0 Å². The van der Waals surface area contributed by atoms with Crippen LogP contribution in [0, 0.1) is 296 Å². The summed E-state index contributed by atoms with van der Waals surface area (Å²) in [4.78, 5) is 0. The van der Waals surface area contributed by atoms with E-state index in [9.17, 15) is 0 Å². The molecule has 81 heteroatoms. The van der Waals surface area contributed by atoms with E-state index in [0.29, 0.717) is 0 Å². The van der Waals surface area contributed by atoms with Crippen molar-refractivity contribution in [3.63, 3.8) is 0 Å². The Kier molecular flexibility index (Phi) is 267. The number of halogens is 20. The molecule has 0 atom stereocenters. The zero-order valence-corrected chi connectivity index (χ0v) is 68.6. The molecular weight excluding hydrogens is 2600 g/mol. The molecule has 0 radical (unpaired) electrons. The summed E-state index contributed by atoms with van der Waals surface area (Å²) in [5.74, 6) is 0. The minimum absolute atomic E-state index is 0. The number of hydrogen-bond donors (Lipinski definition) is 19. The topological polar surface area (TPSA) is 1330 Å². The van der Waals surface area contributed by atoms with Crippen molar-refractivity contribution < 1.29 is 600 Å². The van der Waals surface area contributed by atoms with Gasteiger partial charge in [0.15, 0.2) is 0 Å². The Hall–Kier alpha value is 8.84. The first-order chi connectivity index (χ1) is 34.6. The number of hydrogen-bond acceptors (Lipinski definition) is 60. The molecule has 520 valence electrons. The minimum Gasteiger partial charge on any atom is -0.405 e. The maximum absolute atomic E-state index is 8.63. The van der Waals surface area contributed by atoms with Gasteiger partial charge in [-0.05, 0) is 79.8 Å². The third kappa shape index (κ3) is 8580. The van der Waals surface area contributed by atoms with E-state index < -0.39 is 296 Å². The van der Waals surface area contributed by atoms with Crippen LogP contribution in [-0.2, 0) is 0 Å². The molecule has 0 aliphatic heterocycles. The van der Waals surface area contributed by atoms with Gasteiger partial charge in [0.1, 0.15) is 0 Å². The molecule has 0 heterocycles. The first-order valence-electron chi connectivity index (χ1n) is 9.54. The summed E-state index contributed by atoms with van der Waals surface area (Å²) in [7, 11) is 0. The van der Waals surface area contributed by atoms with E-state index in [2.05, 4.69) is 0 Å². The van der Waals surface area contributed by atoms with Crippen LogP contribution in [0.15, 0.2) is 0 Å². The van der Waals surface area contributed by atoms with Crippen molar-refractivity contribution in [3.05, 3.63) is 0 Å². The average molecular weight is 2620 g/mol. The van der Waals surface area contributed by atoms with Crippen LogP contribution in [0.3, 0.4) is 0 Å². The molecular formula is H19Br20KO60. The van der Waals surface area contributed by atoms with Crippen molar-refractivity contribution in [2.75, 3.05) is 0 Å². The Bertz CT molecular complexity index is 427. The maximum Gasteiger partial charge on any atom is 1.00 e. The van der Waals surface area contributed by atoms with Crippen molar-refractivity contribution in [1.29, 1.82) is 0 Å². The molecule has 81 heavy (non-hydrogen) atoms. The smallest absolute Gasteiger partial charge is 0.405 e. The molecule has 0 rings (SSSR count). The van der Waals surface area contributed by atoms with Crippen molar-refractivity contribution in [1.82, 2.24) is 0 Å². The summed E-state index contributed by atoms with van der Waals surface area (Å²) in [5.41, 5.74) is 0. The van der Waals surface area contributed by atoms with E-state index in [4.69, 9.17) is 252 Å². The Labute approximate surface area is 589 Å². The fourth-order valence-electron chi connectivity index (χ4n) is 0. The molecule has 60 nitrogen and oxygen atoms in total. The maximum atomic E-state index is 8.63. The van der Waals surface area contributed by atoms with Gasteiger partial charge < -0.3 is 172 Å². The van der Waals surface area contributed by atoms with Crippen LogP contribution in [0.2, 0.25) is 0 Å². The summed E-state index contributed by atoms with van der Waals surface area (Å²) in [5, 5.41) is 0. The first-order valence-corrected chi connectivity index (χ1v) is 49.6. The van der Waals surface area contributed by atoms with E-state index in [-0.39, 0.29) is 51.4 Å². The second-order valence-corrected chi connectivity index (χ2v) is 20.8. The molecule has 0 fully saturated rings. The van der Waals surface area contributed by atoms with Crippen LogP contribution in [0.1, 0.15) is 0 Å². The van der Waals surface area contributed by atoms with Crippen LogP contribution in [0.4, 0.5) is 0 Å². The fraction of sp³-hybridized carbons (Fsp3) is 0. The van der Waals surface area contributed by atoms with Gasteiger partial charge in [-0.3, -0.25) is 0 Å². The monoisotopic (exact) mass is 2600 g/mol. The van der Waals surface area contributed by atoms with E-state index in [1.54, 1.807) is 0 Å². The largest absolute Gasteiger partial charge is 1.00 e. The predicted molar refractivity (Wildman–Crippen MR) is 42.2 cm³/mol. The molecule has 0 saturated heterocycles. The first kappa shape index (κ1) is 150. The number of rotatable bonds is 0. The van der Waals surface area contributed by atoms with Crippen LogP contribution in [0.25, 0.3) is 0 Å². The quantitative estimate of drug-likeness (QED) is 0.100. The predicted octanol–water partition coefficient (Wildman–Crippen LogP) is -62.3. The molecule has 0 aromatic carbocycles. The van der Waals surface area contributed by atoms with Crippen molar-refractivity contribution in [3.8, 4) is 0 Å². The Balaban J connectivity index is -0.0000000246. The SMILES string of the molecule is [K+].[O-][Br+2]([O-])O.[O-][Br+2]([O-])O.[O-][Br+2]([O-])O.[O-][Br+2]([O-])O.[O-][Br+2]([O-])O.[O-][Br+2]([O-])O.[O-][Br+2]([O-])O.[O-][Br+2]([O-])O.[O-][Br+2]([O-])O.[O-][Br+2]([O-])O.[O-][Br+2]([O-])O.[O-][Br+2]([O-])O.[O-][Br+2]([O-])O.[O-][Br+2]([O-])O.[O-][Br+2]([O-])O.[O-][Br+2]([O-])O.[O-][Br+2]([O-])O.[O-][Br+2]([O-])O.[O-][Br+2]([O-])O.[O-][Br+2]([O-])[O-]. The molecule has 0 bridgehead atoms. The van der Waals surface area contributed by atoms with E-state index in [0.717, 1.165) is 0 Å². The second kappa shape index (κ2) is 145. The van der Waals surface area contributed by atoms with Crippen molar-refractivity contribution in [2.24, 2.45) is 0 Å². The van der Waals surface area contributed by atoms with Crippen LogP contribution >= 0.6 is 0 Å². The van der Waals surface area contributed by atoms with Crippen molar-refractivity contribution >= 4 is 0 Å². The molecule has 0 aliphatic rings. The third-order valence-corrected chi connectivity index (χ3v) is 0. The van der Waals surface area contributed by atoms with Gasteiger partial charge in [0.2, 0.25) is 14.8 Å². The molecule has 0 saturated carbocycles. The second-order valence-electron chi connectivity index (χ2n) is 4.01. The van der Waals surface area contributed by atoms with Crippen molar-refractivity contribution in [2.45, 2.75) is 0 Å². The zero-order valence-electron chi connectivity index (χ0n) is 33.8. The minimum atomic E-state index is -3.65. The van der Waals surface area contributed by atoms with Gasteiger partial charge in [-0.15, -0.1) is 0 Å². The summed E-state index contributed by atoms with van der Waals surface area (Å²) in [6, 6.07) is 0. The van der Waals surface area contributed by atoms with Gasteiger partial charge in [0.05, 0.1) is 0 Å². The van der Waals surface area contributed by atoms with Gasteiger partial charge in [-0.25, -0.2) is 0 Å². The average Bonchev–Trinajstić information content (AvgIpc) is 2.99.